The predicted molar refractivity (Wildman–Crippen MR) is 81.1 cm³/mol. The smallest absolute Gasteiger partial charge is 0.387 e. The molecule has 120 valence electrons. The van der Waals surface area contributed by atoms with Crippen LogP contribution < -0.4 is 9.47 Å². The lowest BCUT2D eigenvalue weighted by Crippen LogP contribution is -2.03. The number of halogens is 2. The van der Waals surface area contributed by atoms with E-state index in [9.17, 15) is 18.7 Å². The van der Waals surface area contributed by atoms with Crippen molar-refractivity contribution in [1.82, 2.24) is 0 Å². The standard InChI is InChI=1S/C17H14F2O4/c1-22-15-8-6-11(9-16(15)23-17(18)19)5-7-14(21)12-3-2-4-13(20)10-12/h2-10,17,20H,1H3. The molecule has 1 N–H and O–H groups in total. The number of aromatic hydroxyl groups is 1. The summed E-state index contributed by atoms with van der Waals surface area (Å²) in [5.41, 5.74) is 0.814. The molecule has 6 heteroatoms. The molecule has 0 saturated heterocycles. The zero-order chi connectivity index (χ0) is 16.8. The summed E-state index contributed by atoms with van der Waals surface area (Å²) in [5, 5.41) is 9.35. The Hall–Kier alpha value is -2.89. The van der Waals surface area contributed by atoms with Crippen molar-refractivity contribution < 1.29 is 28.2 Å². The van der Waals surface area contributed by atoms with Crippen molar-refractivity contribution in [1.29, 1.82) is 0 Å². The van der Waals surface area contributed by atoms with Crippen LogP contribution in [-0.2, 0) is 0 Å². The minimum Gasteiger partial charge on any atom is -0.508 e. The summed E-state index contributed by atoms with van der Waals surface area (Å²) in [7, 11) is 1.34. The molecule has 0 bridgehead atoms. The van der Waals surface area contributed by atoms with Crippen molar-refractivity contribution in [2.45, 2.75) is 6.61 Å². The van der Waals surface area contributed by atoms with Crippen LogP contribution in [0.2, 0.25) is 0 Å². The SMILES string of the molecule is COc1ccc(C=CC(=O)c2cccc(O)c2)cc1OC(F)F. The maximum Gasteiger partial charge on any atom is 0.387 e. The van der Waals surface area contributed by atoms with E-state index in [0.29, 0.717) is 11.1 Å². The number of ketones is 1. The van der Waals surface area contributed by atoms with Crippen molar-refractivity contribution in [3.8, 4) is 17.2 Å². The second-order valence-electron chi connectivity index (χ2n) is 4.54. The largest absolute Gasteiger partial charge is 0.508 e. The van der Waals surface area contributed by atoms with Crippen LogP contribution in [0, 0.1) is 0 Å². The Morgan fingerprint density at radius 3 is 2.61 bits per heavy atom. The fourth-order valence-electron chi connectivity index (χ4n) is 1.91. The number of phenols is 1. The Labute approximate surface area is 131 Å². The Morgan fingerprint density at radius 1 is 1.17 bits per heavy atom. The molecule has 23 heavy (non-hydrogen) atoms. The van der Waals surface area contributed by atoms with Crippen molar-refractivity contribution in [2.24, 2.45) is 0 Å². The summed E-state index contributed by atoms with van der Waals surface area (Å²) in [6.45, 7) is -2.97. The predicted octanol–water partition coefficient (Wildman–Crippen LogP) is 3.90. The number of carbonyl (C=O) groups excluding carboxylic acids is 1. The van der Waals surface area contributed by atoms with Crippen LogP contribution in [0.3, 0.4) is 0 Å². The number of benzene rings is 2. The maximum absolute atomic E-state index is 12.4. The molecular weight excluding hydrogens is 306 g/mol. The average molecular weight is 320 g/mol. The highest BCUT2D eigenvalue weighted by atomic mass is 19.3. The van der Waals surface area contributed by atoms with Gasteiger partial charge in [0.05, 0.1) is 7.11 Å². The summed E-state index contributed by atoms with van der Waals surface area (Å²) < 4.78 is 34.0. The Bertz CT molecular complexity index is 726. The number of hydrogen-bond acceptors (Lipinski definition) is 4. The summed E-state index contributed by atoms with van der Waals surface area (Å²) in [6.07, 6.45) is 2.74. The molecule has 4 nitrogen and oxygen atoms in total. The van der Waals surface area contributed by atoms with E-state index in [1.165, 1.54) is 43.5 Å². The molecule has 2 aromatic carbocycles. The number of ether oxygens (including phenoxy) is 2. The highest BCUT2D eigenvalue weighted by Gasteiger charge is 2.10. The van der Waals surface area contributed by atoms with Crippen LogP contribution in [0.4, 0.5) is 8.78 Å². The molecule has 0 heterocycles. The molecule has 2 aromatic rings. The van der Waals surface area contributed by atoms with Gasteiger partial charge in [-0.1, -0.05) is 24.3 Å². The Morgan fingerprint density at radius 2 is 1.96 bits per heavy atom. The van der Waals surface area contributed by atoms with Crippen molar-refractivity contribution >= 4 is 11.9 Å². The molecular formula is C17H14F2O4. The lowest BCUT2D eigenvalue weighted by Gasteiger charge is -2.10. The molecule has 0 unspecified atom stereocenters. The third-order valence-electron chi connectivity index (χ3n) is 2.96. The molecule has 0 aromatic heterocycles. The quantitative estimate of drug-likeness (QED) is 0.648. The highest BCUT2D eigenvalue weighted by Crippen LogP contribution is 2.30. The minimum absolute atomic E-state index is 0.0127. The zero-order valence-corrected chi connectivity index (χ0v) is 12.2. The fraction of sp³-hybridized carbons (Fsp3) is 0.118. The molecule has 0 aliphatic rings. The number of carbonyl (C=O) groups is 1. The van der Waals surface area contributed by atoms with Crippen LogP contribution in [-0.4, -0.2) is 24.6 Å². The third-order valence-corrected chi connectivity index (χ3v) is 2.96. The van der Waals surface area contributed by atoms with E-state index < -0.39 is 6.61 Å². The summed E-state index contributed by atoms with van der Waals surface area (Å²) in [6, 6.07) is 10.3. The van der Waals surface area contributed by atoms with E-state index in [-0.39, 0.29) is 23.0 Å². The van der Waals surface area contributed by atoms with E-state index in [0.717, 1.165) is 0 Å². The van der Waals surface area contributed by atoms with Gasteiger partial charge in [0.1, 0.15) is 5.75 Å². The van der Waals surface area contributed by atoms with E-state index in [1.54, 1.807) is 18.2 Å². The van der Waals surface area contributed by atoms with E-state index in [4.69, 9.17) is 4.74 Å². The second-order valence-corrected chi connectivity index (χ2v) is 4.54. The van der Waals surface area contributed by atoms with Crippen molar-refractivity contribution in [3.63, 3.8) is 0 Å². The van der Waals surface area contributed by atoms with Gasteiger partial charge in [-0.05, 0) is 35.9 Å². The molecule has 2 rings (SSSR count). The first-order valence-electron chi connectivity index (χ1n) is 6.64. The number of allylic oxidation sites excluding steroid dienone is 1. The van der Waals surface area contributed by atoms with Gasteiger partial charge >= 0.3 is 6.61 Å². The lowest BCUT2D eigenvalue weighted by atomic mass is 10.1. The first-order valence-corrected chi connectivity index (χ1v) is 6.64. The minimum atomic E-state index is -2.97. The molecule has 0 saturated carbocycles. The van der Waals surface area contributed by atoms with Gasteiger partial charge in [0.25, 0.3) is 0 Å². The van der Waals surface area contributed by atoms with E-state index >= 15 is 0 Å². The van der Waals surface area contributed by atoms with Gasteiger partial charge in [0.2, 0.25) is 0 Å². The van der Waals surface area contributed by atoms with Crippen molar-refractivity contribution in [2.75, 3.05) is 7.11 Å². The number of hydrogen-bond donors (Lipinski definition) is 1. The first kappa shape index (κ1) is 16.5. The van der Waals surface area contributed by atoms with Gasteiger partial charge in [-0.25, -0.2) is 0 Å². The van der Waals surface area contributed by atoms with Gasteiger partial charge in [0, 0.05) is 5.56 Å². The van der Waals surface area contributed by atoms with Crippen LogP contribution in [0.5, 0.6) is 17.2 Å². The van der Waals surface area contributed by atoms with Crippen LogP contribution >= 0.6 is 0 Å². The second kappa shape index (κ2) is 7.40. The van der Waals surface area contributed by atoms with Gasteiger partial charge in [-0.15, -0.1) is 0 Å². The van der Waals surface area contributed by atoms with Crippen LogP contribution in [0.15, 0.2) is 48.5 Å². The van der Waals surface area contributed by atoms with Gasteiger partial charge in [-0.2, -0.15) is 8.78 Å². The molecule has 0 amide bonds. The monoisotopic (exact) mass is 320 g/mol. The maximum atomic E-state index is 12.4. The van der Waals surface area contributed by atoms with E-state index in [2.05, 4.69) is 4.74 Å². The Balaban J connectivity index is 2.20. The van der Waals surface area contributed by atoms with Crippen LogP contribution in [0.25, 0.3) is 6.08 Å². The molecule has 0 atom stereocenters. The van der Waals surface area contributed by atoms with E-state index in [1.807, 2.05) is 0 Å². The fourth-order valence-corrected chi connectivity index (χ4v) is 1.91. The Kier molecular flexibility index (Phi) is 5.30. The average Bonchev–Trinajstić information content (AvgIpc) is 2.52. The van der Waals surface area contributed by atoms with Gasteiger partial charge < -0.3 is 14.6 Å². The summed E-state index contributed by atoms with van der Waals surface area (Å²) in [5.74, 6) is -0.287. The van der Waals surface area contributed by atoms with Crippen molar-refractivity contribution in [3.05, 3.63) is 59.7 Å². The van der Waals surface area contributed by atoms with Gasteiger partial charge in [0.15, 0.2) is 17.3 Å². The molecule has 0 spiro atoms. The van der Waals surface area contributed by atoms with Crippen LogP contribution in [0.1, 0.15) is 15.9 Å². The third kappa shape index (κ3) is 4.54. The highest BCUT2D eigenvalue weighted by molar-refractivity contribution is 6.07. The normalized spacial score (nSPS) is 11.0. The molecule has 0 aliphatic heterocycles. The first-order chi connectivity index (χ1) is 11.0. The molecule has 0 radical (unpaired) electrons. The molecule has 0 fully saturated rings. The topological polar surface area (TPSA) is 55.8 Å². The number of rotatable bonds is 6. The summed E-state index contributed by atoms with van der Waals surface area (Å²) >= 11 is 0. The molecule has 0 aliphatic carbocycles. The zero-order valence-electron chi connectivity index (χ0n) is 12.2. The lowest BCUT2D eigenvalue weighted by molar-refractivity contribution is -0.0512. The number of alkyl halides is 2. The number of phenolic OH excluding ortho intramolecular Hbond substituents is 1. The number of methoxy groups -OCH3 is 1. The van der Waals surface area contributed by atoms with Gasteiger partial charge in [-0.3, -0.25) is 4.79 Å². The summed E-state index contributed by atoms with van der Waals surface area (Å²) in [4.78, 5) is 12.0.